The van der Waals surface area contributed by atoms with Gasteiger partial charge in [0.25, 0.3) is 0 Å². The smallest absolute Gasteiger partial charge is 0.326 e. The molecule has 0 saturated heterocycles. The second kappa shape index (κ2) is 6.23. The van der Waals surface area contributed by atoms with Gasteiger partial charge in [-0.2, -0.15) is 0 Å². The third-order valence-corrected chi connectivity index (χ3v) is 5.60. The molecule has 0 unspecified atom stereocenters. The first-order chi connectivity index (χ1) is 13.2. The molecule has 0 radical (unpaired) electrons. The largest absolute Gasteiger partial charge is 0.384 e. The van der Waals surface area contributed by atoms with E-state index < -0.39 is 0 Å². The molecule has 6 heteroatoms. The summed E-state index contributed by atoms with van der Waals surface area (Å²) in [6.07, 6.45) is 9.25. The van der Waals surface area contributed by atoms with Crippen LogP contribution in [0.15, 0.2) is 47.5 Å². The lowest BCUT2D eigenvalue weighted by Crippen LogP contribution is -2.24. The molecule has 5 rings (SSSR count). The second-order valence-electron chi connectivity index (χ2n) is 7.32. The molecule has 1 aliphatic carbocycles. The fourth-order valence-corrected chi connectivity index (χ4v) is 4.25. The van der Waals surface area contributed by atoms with Crippen molar-refractivity contribution in [2.24, 2.45) is 0 Å². The number of hydrogen-bond donors (Lipinski definition) is 2. The van der Waals surface area contributed by atoms with Gasteiger partial charge in [0.2, 0.25) is 0 Å². The number of nitrogens with two attached hydrogens (primary N) is 1. The number of anilines is 1. The predicted molar refractivity (Wildman–Crippen MR) is 108 cm³/mol. The number of imidazole rings is 1. The number of pyridine rings is 2. The van der Waals surface area contributed by atoms with E-state index in [1.165, 1.54) is 19.3 Å². The van der Waals surface area contributed by atoms with Gasteiger partial charge in [-0.05, 0) is 42.7 Å². The van der Waals surface area contributed by atoms with Gasteiger partial charge in [-0.1, -0.05) is 25.3 Å². The summed E-state index contributed by atoms with van der Waals surface area (Å²) in [6, 6.07) is 10.2. The van der Waals surface area contributed by atoms with Gasteiger partial charge < -0.3 is 10.7 Å². The van der Waals surface area contributed by atoms with E-state index >= 15 is 0 Å². The number of nitrogens with zero attached hydrogens (tertiary/aromatic N) is 3. The minimum atomic E-state index is -0.0363. The van der Waals surface area contributed by atoms with Crippen molar-refractivity contribution >= 4 is 27.8 Å². The summed E-state index contributed by atoms with van der Waals surface area (Å²) < 4.78 is 1.96. The van der Waals surface area contributed by atoms with Gasteiger partial charge in [-0.15, -0.1) is 0 Å². The molecule has 1 aliphatic rings. The highest BCUT2D eigenvalue weighted by Gasteiger charge is 2.21. The number of benzene rings is 1. The van der Waals surface area contributed by atoms with Crippen LogP contribution in [0.4, 0.5) is 5.82 Å². The Morgan fingerprint density at radius 2 is 1.81 bits per heavy atom. The molecule has 0 spiro atoms. The van der Waals surface area contributed by atoms with Gasteiger partial charge in [0.1, 0.15) is 5.82 Å². The molecule has 0 aliphatic heterocycles. The van der Waals surface area contributed by atoms with Crippen LogP contribution in [-0.4, -0.2) is 19.5 Å². The summed E-state index contributed by atoms with van der Waals surface area (Å²) in [5.41, 5.74) is 10.3. The fraction of sp³-hybridized carbons (Fsp3) is 0.286. The zero-order chi connectivity index (χ0) is 18.4. The Morgan fingerprint density at radius 1 is 1.00 bits per heavy atom. The maximum Gasteiger partial charge on any atom is 0.326 e. The van der Waals surface area contributed by atoms with Crippen molar-refractivity contribution in [3.05, 3.63) is 53.2 Å². The molecule has 1 aromatic carbocycles. The molecule has 3 aromatic heterocycles. The van der Waals surface area contributed by atoms with Crippen molar-refractivity contribution < 1.29 is 0 Å². The first kappa shape index (κ1) is 16.1. The molecular weight excluding hydrogens is 338 g/mol. The summed E-state index contributed by atoms with van der Waals surface area (Å²) in [5.74, 6) is 0.500. The first-order valence-electron chi connectivity index (χ1n) is 9.45. The number of hydrogen-bond acceptors (Lipinski definition) is 4. The van der Waals surface area contributed by atoms with Crippen molar-refractivity contribution in [2.45, 2.75) is 38.1 Å². The van der Waals surface area contributed by atoms with E-state index in [4.69, 9.17) is 5.73 Å². The third kappa shape index (κ3) is 2.68. The van der Waals surface area contributed by atoms with Crippen LogP contribution in [0.3, 0.4) is 0 Å². The van der Waals surface area contributed by atoms with Crippen LogP contribution < -0.4 is 11.4 Å². The van der Waals surface area contributed by atoms with Gasteiger partial charge in [-0.25, -0.2) is 9.78 Å². The van der Waals surface area contributed by atoms with Crippen molar-refractivity contribution in [1.82, 2.24) is 19.5 Å². The molecule has 3 N–H and O–H groups in total. The lowest BCUT2D eigenvalue weighted by atomic mass is 9.95. The summed E-state index contributed by atoms with van der Waals surface area (Å²) in [7, 11) is 0. The van der Waals surface area contributed by atoms with E-state index in [1.807, 2.05) is 22.8 Å². The highest BCUT2D eigenvalue weighted by Crippen LogP contribution is 2.33. The van der Waals surface area contributed by atoms with Crippen molar-refractivity contribution in [3.63, 3.8) is 0 Å². The maximum absolute atomic E-state index is 12.7. The minimum Gasteiger partial charge on any atom is -0.384 e. The van der Waals surface area contributed by atoms with Crippen molar-refractivity contribution in [3.8, 4) is 11.1 Å². The third-order valence-electron chi connectivity index (χ3n) is 5.60. The normalized spacial score (nSPS) is 15.6. The lowest BCUT2D eigenvalue weighted by molar-refractivity contribution is 0.354. The Labute approximate surface area is 156 Å². The van der Waals surface area contributed by atoms with Gasteiger partial charge in [0, 0.05) is 23.2 Å². The Hall–Kier alpha value is -3.15. The molecule has 0 amide bonds. The van der Waals surface area contributed by atoms with Gasteiger partial charge in [0.15, 0.2) is 0 Å². The molecule has 4 aromatic rings. The first-order valence-corrected chi connectivity index (χ1v) is 9.45. The van der Waals surface area contributed by atoms with Gasteiger partial charge >= 0.3 is 5.69 Å². The highest BCUT2D eigenvalue weighted by atomic mass is 16.1. The van der Waals surface area contributed by atoms with Crippen LogP contribution in [0, 0.1) is 0 Å². The van der Waals surface area contributed by atoms with E-state index in [0.29, 0.717) is 5.82 Å². The zero-order valence-corrected chi connectivity index (χ0v) is 15.0. The Kier molecular flexibility index (Phi) is 3.70. The molecule has 3 heterocycles. The summed E-state index contributed by atoms with van der Waals surface area (Å²) in [5, 5.41) is 0.991. The average molecular weight is 359 g/mol. The van der Waals surface area contributed by atoms with E-state index in [9.17, 15) is 4.79 Å². The van der Waals surface area contributed by atoms with Gasteiger partial charge in [0.05, 0.1) is 22.7 Å². The summed E-state index contributed by atoms with van der Waals surface area (Å²) in [6.45, 7) is 0. The number of nitrogen functional groups attached to an aromatic ring is 1. The van der Waals surface area contributed by atoms with E-state index in [-0.39, 0.29) is 11.7 Å². The highest BCUT2D eigenvalue weighted by molar-refractivity contribution is 6.03. The van der Waals surface area contributed by atoms with Crippen molar-refractivity contribution in [1.29, 1.82) is 0 Å². The van der Waals surface area contributed by atoms with Crippen LogP contribution >= 0.6 is 0 Å². The maximum atomic E-state index is 12.7. The average Bonchev–Trinajstić information content (AvgIpc) is 3.05. The number of H-pyrrole nitrogens is 1. The summed E-state index contributed by atoms with van der Waals surface area (Å²) >= 11 is 0. The van der Waals surface area contributed by atoms with Crippen LogP contribution in [0.1, 0.15) is 38.1 Å². The lowest BCUT2D eigenvalue weighted by Gasteiger charge is -2.23. The molecular formula is C21H21N5O. The monoisotopic (exact) mass is 359 g/mol. The van der Waals surface area contributed by atoms with Crippen LogP contribution in [0.2, 0.25) is 0 Å². The van der Waals surface area contributed by atoms with E-state index in [0.717, 1.165) is 45.9 Å². The van der Waals surface area contributed by atoms with Crippen molar-refractivity contribution in [2.75, 3.05) is 5.73 Å². The van der Waals surface area contributed by atoms with Crippen LogP contribution in [-0.2, 0) is 0 Å². The zero-order valence-electron chi connectivity index (χ0n) is 15.0. The molecule has 6 nitrogen and oxygen atoms in total. The number of aromatic amines is 1. The Bertz CT molecular complexity index is 1180. The molecule has 1 saturated carbocycles. The molecule has 0 bridgehead atoms. The number of rotatable bonds is 2. The topological polar surface area (TPSA) is 89.6 Å². The standard InChI is InChI=1S/C21H21N5O/c22-19-9-7-14(11-24-19)13-6-8-17-16(10-13)20-18(12-23-17)25-21(27)26(20)15-4-2-1-3-5-15/h6-12,15H,1-5H2,(H2,22,24)(H,25,27). The molecule has 1 fully saturated rings. The predicted octanol–water partition coefficient (Wildman–Crippen LogP) is 4.03. The number of fused-ring (bicyclic) bond motifs is 3. The second-order valence-corrected chi connectivity index (χ2v) is 7.32. The quantitative estimate of drug-likeness (QED) is 0.565. The van der Waals surface area contributed by atoms with E-state index in [1.54, 1.807) is 18.5 Å². The summed E-state index contributed by atoms with van der Waals surface area (Å²) in [4.78, 5) is 24.5. The van der Waals surface area contributed by atoms with Crippen LogP contribution in [0.25, 0.3) is 33.1 Å². The minimum absolute atomic E-state index is 0.0363. The van der Waals surface area contributed by atoms with Crippen LogP contribution in [0.5, 0.6) is 0 Å². The molecule has 0 atom stereocenters. The number of nitrogens with one attached hydrogen (secondary N) is 1. The fourth-order valence-electron chi connectivity index (χ4n) is 4.25. The number of aromatic nitrogens is 4. The SMILES string of the molecule is Nc1ccc(-c2ccc3ncc4[nH]c(=O)n(C5CCCCC5)c4c3c2)cn1. The van der Waals surface area contributed by atoms with E-state index in [2.05, 4.69) is 21.0 Å². The molecule has 27 heavy (non-hydrogen) atoms. The molecule has 136 valence electrons. The Balaban J connectivity index is 1.76. The van der Waals surface area contributed by atoms with Gasteiger partial charge in [-0.3, -0.25) is 9.55 Å². The Morgan fingerprint density at radius 3 is 2.59 bits per heavy atom.